The van der Waals surface area contributed by atoms with E-state index >= 15 is 0 Å². The molecule has 0 bridgehead atoms. The van der Waals surface area contributed by atoms with E-state index in [0.717, 1.165) is 0 Å². The molecule has 0 aliphatic rings. The van der Waals surface area contributed by atoms with E-state index in [1.165, 1.54) is 31.4 Å². The molecule has 7 heteroatoms. The summed E-state index contributed by atoms with van der Waals surface area (Å²) in [5.41, 5.74) is 4.01. The van der Waals surface area contributed by atoms with Crippen molar-refractivity contribution in [3.8, 4) is 0 Å². The van der Waals surface area contributed by atoms with Crippen molar-refractivity contribution in [1.82, 2.24) is 5.43 Å². The molecular formula is C19H20FN3O3. The van der Waals surface area contributed by atoms with E-state index in [1.807, 2.05) is 18.2 Å². The van der Waals surface area contributed by atoms with Crippen molar-refractivity contribution in [2.45, 2.75) is 19.4 Å². The lowest BCUT2D eigenvalue weighted by Crippen LogP contribution is -2.28. The molecule has 0 heterocycles. The minimum absolute atomic E-state index is 0.0133. The van der Waals surface area contributed by atoms with Crippen LogP contribution in [-0.2, 0) is 14.3 Å². The Morgan fingerprint density at radius 2 is 1.77 bits per heavy atom. The van der Waals surface area contributed by atoms with E-state index in [2.05, 4.69) is 15.8 Å². The van der Waals surface area contributed by atoms with Gasteiger partial charge in [-0.3, -0.25) is 9.59 Å². The molecule has 0 saturated heterocycles. The van der Waals surface area contributed by atoms with Gasteiger partial charge in [0.25, 0.3) is 5.91 Å². The number of rotatable bonds is 7. The Bertz CT molecular complexity index is 776. The van der Waals surface area contributed by atoms with Gasteiger partial charge in [0.05, 0.1) is 6.42 Å². The van der Waals surface area contributed by atoms with Gasteiger partial charge >= 0.3 is 0 Å². The SMILES string of the molecule is COC(C(=O)NN=C(C)CC(=O)Nc1ccc(F)cc1)c1ccccc1. The Balaban J connectivity index is 1.89. The molecule has 2 aromatic rings. The summed E-state index contributed by atoms with van der Waals surface area (Å²) in [7, 11) is 1.43. The quantitative estimate of drug-likeness (QED) is 0.590. The smallest absolute Gasteiger partial charge is 0.273 e. The zero-order valence-electron chi connectivity index (χ0n) is 14.5. The number of hydrogen-bond acceptors (Lipinski definition) is 4. The van der Waals surface area contributed by atoms with Crippen LogP contribution < -0.4 is 10.7 Å². The summed E-state index contributed by atoms with van der Waals surface area (Å²) in [6.07, 6.45) is -0.804. The first-order valence-electron chi connectivity index (χ1n) is 7.95. The van der Waals surface area contributed by atoms with Crippen molar-refractivity contribution < 1.29 is 18.7 Å². The van der Waals surface area contributed by atoms with Crippen molar-refractivity contribution in [1.29, 1.82) is 0 Å². The first-order chi connectivity index (χ1) is 12.5. The number of amides is 2. The number of carbonyl (C=O) groups is 2. The van der Waals surface area contributed by atoms with Crippen LogP contribution in [0.2, 0.25) is 0 Å². The van der Waals surface area contributed by atoms with Gasteiger partial charge in [-0.05, 0) is 36.8 Å². The van der Waals surface area contributed by atoms with Crippen molar-refractivity contribution in [2.75, 3.05) is 12.4 Å². The predicted molar refractivity (Wildman–Crippen MR) is 97.1 cm³/mol. The summed E-state index contributed by atoms with van der Waals surface area (Å²) < 4.78 is 18.1. The van der Waals surface area contributed by atoms with Crippen LogP contribution in [0.25, 0.3) is 0 Å². The lowest BCUT2D eigenvalue weighted by molar-refractivity contribution is -0.131. The summed E-state index contributed by atoms with van der Waals surface area (Å²) in [5.74, 6) is -1.13. The van der Waals surface area contributed by atoms with Gasteiger partial charge in [-0.25, -0.2) is 9.82 Å². The molecule has 0 aliphatic carbocycles. The zero-order chi connectivity index (χ0) is 18.9. The second kappa shape index (κ2) is 9.43. The van der Waals surface area contributed by atoms with Crippen LogP contribution in [0, 0.1) is 5.82 Å². The molecule has 2 amide bonds. The maximum absolute atomic E-state index is 12.8. The molecule has 0 aliphatic heterocycles. The van der Waals surface area contributed by atoms with Crippen LogP contribution in [0.3, 0.4) is 0 Å². The van der Waals surface area contributed by atoms with Crippen LogP contribution in [0.5, 0.6) is 0 Å². The molecule has 1 unspecified atom stereocenters. The highest BCUT2D eigenvalue weighted by molar-refractivity contribution is 6.05. The maximum atomic E-state index is 12.8. The summed E-state index contributed by atoms with van der Waals surface area (Å²) in [4.78, 5) is 24.1. The number of nitrogens with zero attached hydrogens (tertiary/aromatic N) is 1. The van der Waals surface area contributed by atoms with E-state index in [9.17, 15) is 14.0 Å². The van der Waals surface area contributed by atoms with Crippen LogP contribution in [0.15, 0.2) is 59.7 Å². The van der Waals surface area contributed by atoms with Crippen LogP contribution in [0.4, 0.5) is 10.1 Å². The zero-order valence-corrected chi connectivity index (χ0v) is 14.5. The van der Waals surface area contributed by atoms with Crippen molar-refractivity contribution >= 4 is 23.2 Å². The van der Waals surface area contributed by atoms with Gasteiger partial charge in [0, 0.05) is 18.5 Å². The molecule has 2 rings (SSSR count). The molecule has 26 heavy (non-hydrogen) atoms. The number of nitrogens with one attached hydrogen (secondary N) is 2. The maximum Gasteiger partial charge on any atom is 0.273 e. The molecule has 2 N–H and O–H groups in total. The molecule has 0 saturated carbocycles. The van der Waals surface area contributed by atoms with Crippen molar-refractivity contribution in [3.63, 3.8) is 0 Å². The number of hydrazone groups is 1. The third-order valence-electron chi connectivity index (χ3n) is 3.48. The highest BCUT2D eigenvalue weighted by atomic mass is 19.1. The molecule has 0 fully saturated rings. The van der Waals surface area contributed by atoms with Gasteiger partial charge < -0.3 is 10.1 Å². The average molecular weight is 357 g/mol. The first kappa shape index (κ1) is 19.3. The molecule has 6 nitrogen and oxygen atoms in total. The Kier molecular flexibility index (Phi) is 6.99. The van der Waals surface area contributed by atoms with Gasteiger partial charge in [0.1, 0.15) is 5.82 Å². The number of hydrogen-bond donors (Lipinski definition) is 2. The lowest BCUT2D eigenvalue weighted by Gasteiger charge is -2.14. The fraction of sp³-hybridized carbons (Fsp3) is 0.211. The van der Waals surface area contributed by atoms with Gasteiger partial charge in [-0.15, -0.1) is 0 Å². The van der Waals surface area contributed by atoms with Gasteiger partial charge in [0.15, 0.2) is 6.10 Å². The average Bonchev–Trinajstić information content (AvgIpc) is 2.63. The molecule has 2 aromatic carbocycles. The summed E-state index contributed by atoms with van der Waals surface area (Å²) in [6, 6.07) is 14.5. The second-order valence-electron chi connectivity index (χ2n) is 5.58. The normalized spacial score (nSPS) is 12.3. The van der Waals surface area contributed by atoms with E-state index in [4.69, 9.17) is 4.74 Å². The predicted octanol–water partition coefficient (Wildman–Crippen LogP) is 3.03. The number of halogens is 1. The second-order valence-corrected chi connectivity index (χ2v) is 5.58. The van der Waals surface area contributed by atoms with Crippen molar-refractivity contribution in [2.24, 2.45) is 5.10 Å². The number of ether oxygens (including phenoxy) is 1. The number of carbonyl (C=O) groups excluding carboxylic acids is 2. The topological polar surface area (TPSA) is 79.8 Å². The van der Waals surface area contributed by atoms with Crippen molar-refractivity contribution in [3.05, 3.63) is 66.0 Å². The fourth-order valence-electron chi connectivity index (χ4n) is 2.24. The van der Waals surface area contributed by atoms with Gasteiger partial charge in [-0.1, -0.05) is 30.3 Å². The first-order valence-corrected chi connectivity index (χ1v) is 7.95. The Morgan fingerprint density at radius 1 is 1.12 bits per heavy atom. The Labute approximate surface area is 151 Å². The van der Waals surface area contributed by atoms with E-state index in [-0.39, 0.29) is 18.1 Å². The number of methoxy groups -OCH3 is 1. The largest absolute Gasteiger partial charge is 0.367 e. The van der Waals surface area contributed by atoms with Gasteiger partial charge in [-0.2, -0.15) is 5.10 Å². The molecule has 1 atom stereocenters. The Morgan fingerprint density at radius 3 is 2.38 bits per heavy atom. The minimum Gasteiger partial charge on any atom is -0.367 e. The van der Waals surface area contributed by atoms with Crippen LogP contribution in [0.1, 0.15) is 25.0 Å². The molecule has 0 spiro atoms. The molecule has 0 aromatic heterocycles. The highest BCUT2D eigenvalue weighted by Crippen LogP contribution is 2.16. The fourth-order valence-corrected chi connectivity index (χ4v) is 2.24. The highest BCUT2D eigenvalue weighted by Gasteiger charge is 2.19. The minimum atomic E-state index is -0.791. The van der Waals surface area contributed by atoms with E-state index in [0.29, 0.717) is 17.0 Å². The third-order valence-corrected chi connectivity index (χ3v) is 3.48. The Hall–Kier alpha value is -3.06. The summed E-state index contributed by atoms with van der Waals surface area (Å²) in [6.45, 7) is 1.62. The molecule has 136 valence electrons. The summed E-state index contributed by atoms with van der Waals surface area (Å²) in [5, 5.41) is 6.55. The summed E-state index contributed by atoms with van der Waals surface area (Å²) >= 11 is 0. The molecule has 0 radical (unpaired) electrons. The monoisotopic (exact) mass is 357 g/mol. The third kappa shape index (κ3) is 5.78. The number of anilines is 1. The van der Waals surface area contributed by atoms with Gasteiger partial charge in [0.2, 0.25) is 5.91 Å². The van der Waals surface area contributed by atoms with E-state index < -0.39 is 12.0 Å². The standard InChI is InChI=1S/C19H20FN3O3/c1-13(12-17(24)21-16-10-8-15(20)9-11-16)22-23-19(25)18(26-2)14-6-4-3-5-7-14/h3-11,18H,12H2,1-2H3,(H,21,24)(H,23,25). The molecular weight excluding hydrogens is 337 g/mol. The number of benzene rings is 2. The van der Waals surface area contributed by atoms with Crippen LogP contribution >= 0.6 is 0 Å². The van der Waals surface area contributed by atoms with Crippen LogP contribution in [-0.4, -0.2) is 24.6 Å². The van der Waals surface area contributed by atoms with E-state index in [1.54, 1.807) is 19.1 Å². The lowest BCUT2D eigenvalue weighted by atomic mass is 10.1.